The molecule has 0 saturated carbocycles. The van der Waals surface area contributed by atoms with Crippen molar-refractivity contribution in [2.45, 2.75) is 26.7 Å². The Kier molecular flexibility index (Phi) is 7.46. The molecule has 6 rings (SSSR count). The number of anilines is 2. The van der Waals surface area contributed by atoms with Crippen molar-refractivity contribution in [3.05, 3.63) is 126 Å². The van der Waals surface area contributed by atoms with Crippen LogP contribution in [0.25, 0.3) is 38.6 Å². The lowest BCUT2D eigenvalue weighted by molar-refractivity contribution is 0.963. The van der Waals surface area contributed by atoms with Crippen LogP contribution in [0.4, 0.5) is 11.4 Å². The molecule has 0 spiro atoms. The summed E-state index contributed by atoms with van der Waals surface area (Å²) < 4.78 is 2.36. The van der Waals surface area contributed by atoms with E-state index < -0.39 is 0 Å². The topological polar surface area (TPSA) is 43.0 Å². The zero-order chi connectivity index (χ0) is 26.5. The van der Waals surface area contributed by atoms with E-state index in [2.05, 4.69) is 125 Å². The van der Waals surface area contributed by atoms with Crippen molar-refractivity contribution in [1.29, 1.82) is 0 Å². The van der Waals surface area contributed by atoms with Gasteiger partial charge in [-0.3, -0.25) is 0 Å². The number of nitrogens with two attached hydrogens (primary N) is 1. The molecule has 0 fully saturated rings. The first kappa shape index (κ1) is 25.2. The largest absolute Gasteiger partial charge is 0.398 e. The fourth-order valence-corrected chi connectivity index (χ4v) is 5.39. The minimum Gasteiger partial charge on any atom is -0.398 e. The quantitative estimate of drug-likeness (QED) is 0.226. The second kappa shape index (κ2) is 11.3. The van der Waals surface area contributed by atoms with Crippen LogP contribution >= 0.6 is 0 Å². The van der Waals surface area contributed by atoms with Gasteiger partial charge in [-0.15, -0.1) is 0 Å². The lowest BCUT2D eigenvalue weighted by Crippen LogP contribution is -2.04. The predicted octanol–water partition coefficient (Wildman–Crippen LogP) is 8.89. The standard InChI is InChI=1S/C33H29N3.C2H6/c1-35-33-28(27-16-9-13-24(32(27)34)22-21-23-11-3-2-4-12-23)17-10-20-31(33)36-29-18-7-5-14-25(29)26-15-6-8-19-30(26)36;1-2/h2-20,35H,21-22,34H2,1H3;1-2H3. The predicted molar refractivity (Wildman–Crippen MR) is 165 cm³/mol. The maximum absolute atomic E-state index is 6.82. The molecule has 0 aliphatic carbocycles. The highest BCUT2D eigenvalue weighted by Crippen LogP contribution is 2.40. The maximum atomic E-state index is 6.82. The van der Waals surface area contributed by atoms with Gasteiger partial charge in [0, 0.05) is 34.6 Å². The van der Waals surface area contributed by atoms with Gasteiger partial charge in [0.2, 0.25) is 0 Å². The summed E-state index contributed by atoms with van der Waals surface area (Å²) in [5.74, 6) is 0. The summed E-state index contributed by atoms with van der Waals surface area (Å²) in [6.07, 6.45) is 1.87. The first-order valence-electron chi connectivity index (χ1n) is 13.5. The normalized spacial score (nSPS) is 10.8. The summed E-state index contributed by atoms with van der Waals surface area (Å²) in [4.78, 5) is 0. The highest BCUT2D eigenvalue weighted by molar-refractivity contribution is 6.10. The fraction of sp³-hybridized carbons (Fsp3) is 0.143. The van der Waals surface area contributed by atoms with Crippen molar-refractivity contribution in [3.63, 3.8) is 0 Å². The maximum Gasteiger partial charge on any atom is 0.0700 e. The van der Waals surface area contributed by atoms with Gasteiger partial charge in [-0.05, 0) is 42.2 Å². The molecule has 0 aliphatic heterocycles. The molecule has 0 atom stereocenters. The summed E-state index contributed by atoms with van der Waals surface area (Å²) in [7, 11) is 1.99. The van der Waals surface area contributed by atoms with E-state index in [1.807, 2.05) is 20.9 Å². The molecule has 3 N–H and O–H groups in total. The van der Waals surface area contributed by atoms with Gasteiger partial charge in [0.15, 0.2) is 0 Å². The van der Waals surface area contributed by atoms with Crippen LogP contribution in [0.1, 0.15) is 25.0 Å². The van der Waals surface area contributed by atoms with Crippen LogP contribution in [0.2, 0.25) is 0 Å². The number of hydrogen-bond acceptors (Lipinski definition) is 2. The van der Waals surface area contributed by atoms with Crippen LogP contribution in [0.15, 0.2) is 115 Å². The van der Waals surface area contributed by atoms with E-state index in [1.165, 1.54) is 32.9 Å². The third-order valence-corrected chi connectivity index (χ3v) is 7.13. The Morgan fingerprint density at radius 3 is 1.84 bits per heavy atom. The highest BCUT2D eigenvalue weighted by Gasteiger charge is 2.18. The Morgan fingerprint density at radius 2 is 1.18 bits per heavy atom. The van der Waals surface area contributed by atoms with Crippen LogP contribution < -0.4 is 11.1 Å². The molecule has 0 radical (unpaired) electrons. The van der Waals surface area contributed by atoms with Crippen molar-refractivity contribution in [2.75, 3.05) is 18.1 Å². The van der Waals surface area contributed by atoms with Crippen LogP contribution in [-0.4, -0.2) is 11.6 Å². The monoisotopic (exact) mass is 497 g/mol. The van der Waals surface area contributed by atoms with E-state index in [0.29, 0.717) is 0 Å². The van der Waals surface area contributed by atoms with E-state index in [4.69, 9.17) is 5.73 Å². The Morgan fingerprint density at radius 1 is 0.605 bits per heavy atom. The Hall–Kier alpha value is -4.50. The van der Waals surface area contributed by atoms with Crippen LogP contribution in [0.3, 0.4) is 0 Å². The minimum atomic E-state index is 0.851. The minimum absolute atomic E-state index is 0.851. The molecule has 1 heterocycles. The van der Waals surface area contributed by atoms with Gasteiger partial charge in [0.1, 0.15) is 0 Å². The van der Waals surface area contributed by atoms with Gasteiger partial charge in [-0.25, -0.2) is 0 Å². The van der Waals surface area contributed by atoms with Gasteiger partial charge < -0.3 is 15.6 Å². The van der Waals surface area contributed by atoms with Crippen molar-refractivity contribution in [2.24, 2.45) is 0 Å². The van der Waals surface area contributed by atoms with Crippen LogP contribution in [-0.2, 0) is 12.8 Å². The summed E-state index contributed by atoms with van der Waals surface area (Å²) in [5, 5.41) is 6.01. The number of fused-ring (bicyclic) bond motifs is 3. The van der Waals surface area contributed by atoms with E-state index in [1.54, 1.807) is 0 Å². The molecule has 0 unspecified atom stereocenters. The molecule has 0 bridgehead atoms. The highest BCUT2D eigenvalue weighted by atomic mass is 15.0. The smallest absolute Gasteiger partial charge is 0.0700 e. The van der Waals surface area contributed by atoms with Crippen molar-refractivity contribution in [1.82, 2.24) is 4.57 Å². The summed E-state index contributed by atoms with van der Waals surface area (Å²) >= 11 is 0. The molecule has 0 saturated heterocycles. The SMILES string of the molecule is CC.CNc1c(-c2cccc(CCc3ccccc3)c2N)cccc1-n1c2ccccc2c2ccccc21. The molecule has 1 aromatic heterocycles. The zero-order valence-electron chi connectivity index (χ0n) is 22.4. The second-order valence-corrected chi connectivity index (χ2v) is 9.18. The van der Waals surface area contributed by atoms with Crippen molar-refractivity contribution >= 4 is 33.2 Å². The first-order valence-corrected chi connectivity index (χ1v) is 13.5. The second-order valence-electron chi connectivity index (χ2n) is 9.18. The molecule has 190 valence electrons. The third kappa shape index (κ3) is 4.52. The summed E-state index contributed by atoms with van der Waals surface area (Å²) in [6.45, 7) is 4.00. The number of rotatable bonds is 6. The molecule has 5 aromatic carbocycles. The van der Waals surface area contributed by atoms with E-state index in [9.17, 15) is 0 Å². The third-order valence-electron chi connectivity index (χ3n) is 7.13. The average molecular weight is 498 g/mol. The van der Waals surface area contributed by atoms with Gasteiger partial charge in [0.25, 0.3) is 0 Å². The van der Waals surface area contributed by atoms with E-state index in [0.717, 1.165) is 41.0 Å². The Bertz CT molecular complexity index is 1630. The molecule has 6 aromatic rings. The van der Waals surface area contributed by atoms with Crippen LogP contribution in [0.5, 0.6) is 0 Å². The number of nitrogens with zero attached hydrogens (tertiary/aromatic N) is 1. The lowest BCUT2D eigenvalue weighted by Gasteiger charge is -2.19. The summed E-state index contributed by atoms with van der Waals surface area (Å²) in [6, 6.07) is 40.7. The average Bonchev–Trinajstić information content (AvgIpc) is 3.32. The number of nitrogen functional groups attached to an aromatic ring is 1. The number of benzene rings is 5. The number of nitrogens with one attached hydrogen (secondary N) is 1. The number of aromatic nitrogens is 1. The van der Waals surface area contributed by atoms with Gasteiger partial charge in [-0.2, -0.15) is 0 Å². The number of hydrogen-bond donors (Lipinski definition) is 2. The van der Waals surface area contributed by atoms with Gasteiger partial charge >= 0.3 is 0 Å². The van der Waals surface area contributed by atoms with Crippen molar-refractivity contribution in [3.8, 4) is 16.8 Å². The Labute approximate surface area is 225 Å². The molecular weight excluding hydrogens is 462 g/mol. The van der Waals surface area contributed by atoms with Gasteiger partial charge in [0.05, 0.1) is 22.4 Å². The van der Waals surface area contributed by atoms with E-state index in [-0.39, 0.29) is 0 Å². The Balaban J connectivity index is 0.00000144. The van der Waals surface area contributed by atoms with Gasteiger partial charge in [-0.1, -0.05) is 111 Å². The van der Waals surface area contributed by atoms with Crippen molar-refractivity contribution < 1.29 is 0 Å². The van der Waals surface area contributed by atoms with Crippen LogP contribution in [0, 0.1) is 0 Å². The molecule has 3 heteroatoms. The number of aryl methyl sites for hydroxylation is 2. The lowest BCUT2D eigenvalue weighted by atomic mass is 9.95. The zero-order valence-corrected chi connectivity index (χ0v) is 22.4. The number of para-hydroxylation sites is 4. The molecule has 3 nitrogen and oxygen atoms in total. The first-order chi connectivity index (χ1) is 18.8. The fourth-order valence-electron chi connectivity index (χ4n) is 5.39. The molecule has 38 heavy (non-hydrogen) atoms. The molecule has 0 aliphatic rings. The van der Waals surface area contributed by atoms with E-state index >= 15 is 0 Å². The summed E-state index contributed by atoms with van der Waals surface area (Å²) in [5.41, 5.74) is 16.9. The molecule has 0 amide bonds. The molecular formula is C35H35N3.